The molecule has 0 amide bonds. The van der Waals surface area contributed by atoms with Crippen molar-refractivity contribution in [3.8, 4) is 0 Å². The molecule has 0 aliphatic carbocycles. The number of aromatic nitrogens is 1. The molecular weight excluding hydrogens is 142 g/mol. The zero-order chi connectivity index (χ0) is 7.68. The lowest BCUT2D eigenvalue weighted by molar-refractivity contribution is 0.372. The summed E-state index contributed by atoms with van der Waals surface area (Å²) in [6, 6.07) is 7.35. The van der Waals surface area contributed by atoms with E-state index in [1.165, 1.54) is 0 Å². The van der Waals surface area contributed by atoms with Crippen molar-refractivity contribution in [2.24, 2.45) is 0 Å². The Morgan fingerprint density at radius 2 is 2.18 bits per heavy atom. The van der Waals surface area contributed by atoms with Gasteiger partial charge in [-0.15, -0.1) is 0 Å². The molecule has 0 atom stereocenters. The summed E-state index contributed by atoms with van der Waals surface area (Å²) >= 11 is 0. The molecule has 3 nitrogen and oxygen atoms in total. The van der Waals surface area contributed by atoms with E-state index in [0.717, 1.165) is 12.1 Å². The van der Waals surface area contributed by atoms with Crippen LogP contribution in [0.1, 0.15) is 5.89 Å². The lowest BCUT2D eigenvalue weighted by Crippen LogP contribution is -1.75. The number of hydrogen-bond donors (Lipinski definition) is 1. The van der Waals surface area contributed by atoms with Crippen molar-refractivity contribution < 1.29 is 9.52 Å². The topological polar surface area (TPSA) is 46.3 Å². The molecule has 1 N–H and O–H groups in total. The molecule has 0 unspecified atom stereocenters. The molecule has 2 aromatic rings. The Bertz CT molecular complexity index is 334. The second-order valence-corrected chi connectivity index (χ2v) is 2.15. The summed E-state index contributed by atoms with van der Waals surface area (Å²) in [4.78, 5) is 3.96. The first kappa shape index (κ1) is 6.37. The van der Waals surface area contributed by atoms with E-state index in [-0.39, 0.29) is 5.89 Å². The van der Waals surface area contributed by atoms with Crippen LogP contribution in [-0.2, 0) is 0 Å². The van der Waals surface area contributed by atoms with Gasteiger partial charge in [0.1, 0.15) is 5.52 Å². The van der Waals surface area contributed by atoms with Crippen LogP contribution < -0.4 is 0 Å². The molecule has 0 aliphatic rings. The van der Waals surface area contributed by atoms with Gasteiger partial charge >= 0.3 is 0 Å². The number of oxazole rings is 1. The molecule has 1 heterocycles. The minimum Gasteiger partial charge on any atom is -0.438 e. The Kier molecular flexibility index (Phi) is 1.36. The first-order chi connectivity index (χ1) is 5.40. The third kappa shape index (κ3) is 0.991. The minimum atomic E-state index is 0.242. The van der Waals surface area contributed by atoms with Gasteiger partial charge in [-0.2, -0.15) is 0 Å². The van der Waals surface area contributed by atoms with E-state index in [0.29, 0.717) is 5.58 Å². The van der Waals surface area contributed by atoms with Crippen LogP contribution in [0, 0.1) is 6.61 Å². The highest BCUT2D eigenvalue weighted by atomic mass is 16.4. The molecule has 0 bridgehead atoms. The predicted molar refractivity (Wildman–Crippen MR) is 39.3 cm³/mol. The van der Waals surface area contributed by atoms with Gasteiger partial charge in [-0.3, -0.25) is 0 Å². The molecule has 0 saturated heterocycles. The Morgan fingerprint density at radius 3 is 2.91 bits per heavy atom. The van der Waals surface area contributed by atoms with Gasteiger partial charge in [0.25, 0.3) is 0 Å². The fourth-order valence-electron chi connectivity index (χ4n) is 0.945. The number of aliphatic hydroxyl groups is 1. The summed E-state index contributed by atoms with van der Waals surface area (Å²) < 4.78 is 5.10. The monoisotopic (exact) mass is 148 g/mol. The van der Waals surface area contributed by atoms with Crippen LogP contribution in [0.2, 0.25) is 0 Å². The summed E-state index contributed by atoms with van der Waals surface area (Å²) in [5.41, 5.74) is 1.45. The maximum Gasteiger partial charge on any atom is 0.227 e. The number of fused-ring (bicyclic) bond motifs is 1. The standard InChI is InChI=1S/C8H6NO2/c10-5-8-9-6-3-1-2-4-7(6)11-8/h1-5,10H. The highest BCUT2D eigenvalue weighted by Crippen LogP contribution is 2.14. The third-order valence-electron chi connectivity index (χ3n) is 1.42. The van der Waals surface area contributed by atoms with Crippen LogP contribution in [0.4, 0.5) is 0 Å². The number of hydrogen-bond acceptors (Lipinski definition) is 3. The average molecular weight is 148 g/mol. The molecule has 1 aromatic heterocycles. The molecule has 1 aromatic carbocycles. The van der Waals surface area contributed by atoms with Crippen molar-refractivity contribution in [3.05, 3.63) is 36.8 Å². The van der Waals surface area contributed by atoms with E-state index in [1.54, 1.807) is 6.07 Å². The molecule has 11 heavy (non-hydrogen) atoms. The molecule has 0 spiro atoms. The van der Waals surface area contributed by atoms with Crippen molar-refractivity contribution in [2.75, 3.05) is 0 Å². The van der Waals surface area contributed by atoms with Crippen LogP contribution in [0.15, 0.2) is 28.7 Å². The highest BCUT2D eigenvalue weighted by molar-refractivity contribution is 5.72. The quantitative estimate of drug-likeness (QED) is 0.669. The Balaban J connectivity index is 2.69. The fraction of sp³-hybridized carbons (Fsp3) is 0. The van der Waals surface area contributed by atoms with Gasteiger partial charge in [0.15, 0.2) is 12.2 Å². The maximum atomic E-state index is 8.56. The average Bonchev–Trinajstić information content (AvgIpc) is 2.46. The second-order valence-electron chi connectivity index (χ2n) is 2.15. The van der Waals surface area contributed by atoms with Crippen molar-refractivity contribution in [3.63, 3.8) is 0 Å². The summed E-state index contributed by atoms with van der Waals surface area (Å²) in [7, 11) is 0. The Morgan fingerprint density at radius 1 is 1.36 bits per heavy atom. The van der Waals surface area contributed by atoms with E-state index in [4.69, 9.17) is 9.52 Å². The van der Waals surface area contributed by atoms with Gasteiger partial charge in [-0.05, 0) is 12.1 Å². The predicted octanol–water partition coefficient (Wildman–Crippen LogP) is 1.71. The number of aliphatic hydroxyl groups excluding tert-OH is 1. The maximum absolute atomic E-state index is 8.56. The van der Waals surface area contributed by atoms with Gasteiger partial charge in [0.2, 0.25) is 5.89 Å². The van der Waals surface area contributed by atoms with E-state index < -0.39 is 0 Å². The number of nitrogens with zero attached hydrogens (tertiary/aromatic N) is 1. The lowest BCUT2D eigenvalue weighted by Gasteiger charge is -1.80. The summed E-state index contributed by atoms with van der Waals surface area (Å²) in [5.74, 6) is 0.242. The Labute approximate surface area is 63.3 Å². The van der Waals surface area contributed by atoms with Gasteiger partial charge in [0.05, 0.1) is 0 Å². The van der Waals surface area contributed by atoms with Gasteiger partial charge in [0, 0.05) is 0 Å². The van der Waals surface area contributed by atoms with Crippen LogP contribution >= 0.6 is 0 Å². The molecule has 0 fully saturated rings. The lowest BCUT2D eigenvalue weighted by atomic mass is 10.3. The highest BCUT2D eigenvalue weighted by Gasteiger charge is 2.01. The Hall–Kier alpha value is -1.35. The van der Waals surface area contributed by atoms with Crippen molar-refractivity contribution in [1.82, 2.24) is 4.98 Å². The first-order valence-electron chi connectivity index (χ1n) is 3.23. The van der Waals surface area contributed by atoms with Crippen LogP contribution in [0.25, 0.3) is 11.1 Å². The largest absolute Gasteiger partial charge is 0.438 e. The number of rotatable bonds is 1. The SMILES string of the molecule is O[CH]c1nc2ccccc2o1. The van der Waals surface area contributed by atoms with E-state index in [1.807, 2.05) is 18.2 Å². The molecule has 0 saturated carbocycles. The van der Waals surface area contributed by atoms with Gasteiger partial charge in [-0.25, -0.2) is 4.98 Å². The molecule has 0 aliphatic heterocycles. The summed E-state index contributed by atoms with van der Waals surface area (Å²) in [5, 5.41) is 8.56. The zero-order valence-corrected chi connectivity index (χ0v) is 5.69. The number of benzene rings is 1. The van der Waals surface area contributed by atoms with E-state index in [9.17, 15) is 0 Å². The molecule has 1 radical (unpaired) electrons. The normalized spacial score (nSPS) is 10.6. The van der Waals surface area contributed by atoms with Crippen molar-refractivity contribution >= 4 is 11.1 Å². The smallest absolute Gasteiger partial charge is 0.227 e. The van der Waals surface area contributed by atoms with Crippen molar-refractivity contribution in [1.29, 1.82) is 0 Å². The third-order valence-corrected chi connectivity index (χ3v) is 1.42. The fourth-order valence-corrected chi connectivity index (χ4v) is 0.945. The van der Waals surface area contributed by atoms with E-state index in [2.05, 4.69) is 4.98 Å². The minimum absolute atomic E-state index is 0.242. The second kappa shape index (κ2) is 2.36. The van der Waals surface area contributed by atoms with Crippen LogP contribution in [-0.4, -0.2) is 10.1 Å². The summed E-state index contributed by atoms with van der Waals surface area (Å²) in [6.07, 6.45) is 0. The summed E-state index contributed by atoms with van der Waals surface area (Å²) in [6.45, 7) is 0.847. The van der Waals surface area contributed by atoms with Gasteiger partial charge < -0.3 is 9.52 Å². The van der Waals surface area contributed by atoms with Crippen molar-refractivity contribution in [2.45, 2.75) is 0 Å². The van der Waals surface area contributed by atoms with Crippen LogP contribution in [0.3, 0.4) is 0 Å². The first-order valence-corrected chi connectivity index (χ1v) is 3.23. The van der Waals surface area contributed by atoms with E-state index >= 15 is 0 Å². The zero-order valence-electron chi connectivity index (χ0n) is 5.69. The molecule has 2 rings (SSSR count). The molecule has 55 valence electrons. The van der Waals surface area contributed by atoms with Crippen LogP contribution in [0.5, 0.6) is 0 Å². The number of para-hydroxylation sites is 2. The molecule has 3 heteroatoms. The van der Waals surface area contributed by atoms with Gasteiger partial charge in [-0.1, -0.05) is 12.1 Å². The molecular formula is C8H6NO2.